The predicted molar refractivity (Wildman–Crippen MR) is 63.2 cm³/mol. The first kappa shape index (κ1) is 12.0. The molecule has 0 bridgehead atoms. The summed E-state index contributed by atoms with van der Waals surface area (Å²) in [6.45, 7) is 3.40. The van der Waals surface area contributed by atoms with Gasteiger partial charge >= 0.3 is 0 Å². The van der Waals surface area contributed by atoms with Crippen LogP contribution in [0, 0.1) is 6.92 Å². The van der Waals surface area contributed by atoms with Gasteiger partial charge in [-0.15, -0.1) is 0 Å². The van der Waals surface area contributed by atoms with E-state index in [1.54, 1.807) is 7.11 Å². The molecule has 1 aromatic rings. The number of nitrogens with two attached hydrogens (primary N) is 2. The van der Waals surface area contributed by atoms with Crippen LogP contribution in [0.2, 0.25) is 0 Å². The van der Waals surface area contributed by atoms with Gasteiger partial charge in [0.05, 0.1) is 7.11 Å². The predicted octanol–water partition coefficient (Wildman–Crippen LogP) is 1.01. The number of aryl methyl sites for hydroxylation is 1. The fraction of sp³-hybridized carbons (Fsp3) is 0.500. The summed E-state index contributed by atoms with van der Waals surface area (Å²) in [7, 11) is 1.69. The van der Waals surface area contributed by atoms with E-state index in [9.17, 15) is 0 Å². The largest absolute Gasteiger partial charge is 0.496 e. The summed E-state index contributed by atoms with van der Waals surface area (Å²) >= 11 is 0. The minimum atomic E-state index is 0.640. The second-order valence-corrected chi connectivity index (χ2v) is 3.67. The van der Waals surface area contributed by atoms with Crippen molar-refractivity contribution in [3.05, 3.63) is 28.8 Å². The van der Waals surface area contributed by atoms with Crippen LogP contribution in [0.4, 0.5) is 0 Å². The van der Waals surface area contributed by atoms with Crippen molar-refractivity contribution in [2.45, 2.75) is 19.8 Å². The summed E-state index contributed by atoms with van der Waals surface area (Å²) in [6.07, 6.45) is 1.76. The summed E-state index contributed by atoms with van der Waals surface area (Å²) in [6, 6.07) is 4.23. The maximum atomic E-state index is 5.57. The first-order chi connectivity index (χ1) is 7.22. The maximum absolute atomic E-state index is 5.57. The van der Waals surface area contributed by atoms with Crippen LogP contribution in [0.15, 0.2) is 12.1 Å². The molecule has 0 heterocycles. The monoisotopic (exact) mass is 208 g/mol. The van der Waals surface area contributed by atoms with Gasteiger partial charge in [0.15, 0.2) is 0 Å². The van der Waals surface area contributed by atoms with Crippen LogP contribution < -0.4 is 16.2 Å². The Kier molecular flexibility index (Phi) is 4.59. The normalized spacial score (nSPS) is 10.4. The van der Waals surface area contributed by atoms with E-state index >= 15 is 0 Å². The third kappa shape index (κ3) is 2.94. The number of rotatable bonds is 5. The molecule has 0 atom stereocenters. The van der Waals surface area contributed by atoms with Gasteiger partial charge in [-0.05, 0) is 55.6 Å². The van der Waals surface area contributed by atoms with Crippen molar-refractivity contribution in [3.8, 4) is 5.75 Å². The van der Waals surface area contributed by atoms with Crippen LogP contribution in [-0.2, 0) is 12.8 Å². The minimum absolute atomic E-state index is 0.640. The molecular formula is C12H20N2O. The quantitative estimate of drug-likeness (QED) is 0.759. The highest BCUT2D eigenvalue weighted by molar-refractivity contribution is 5.42. The highest BCUT2D eigenvalue weighted by Crippen LogP contribution is 2.23. The number of benzene rings is 1. The average molecular weight is 208 g/mol. The number of hydrogen-bond donors (Lipinski definition) is 2. The molecule has 0 aromatic heterocycles. The molecule has 3 nitrogen and oxygen atoms in total. The summed E-state index contributed by atoms with van der Waals surface area (Å²) in [5.74, 6) is 0.929. The molecule has 0 aliphatic carbocycles. The Labute approximate surface area is 91.4 Å². The third-order valence-corrected chi connectivity index (χ3v) is 2.57. The molecule has 3 heteroatoms. The van der Waals surface area contributed by atoms with Crippen molar-refractivity contribution >= 4 is 0 Å². The lowest BCUT2D eigenvalue weighted by molar-refractivity contribution is 0.409. The summed E-state index contributed by atoms with van der Waals surface area (Å²) in [5, 5.41) is 0. The van der Waals surface area contributed by atoms with Gasteiger partial charge in [0, 0.05) is 0 Å². The number of ether oxygens (including phenoxy) is 1. The summed E-state index contributed by atoms with van der Waals surface area (Å²) < 4.78 is 5.33. The standard InChI is InChI=1S/C12H20N2O/c1-9-7-12(15-2)11(4-6-14)8-10(9)3-5-13/h7-8H,3-6,13-14H2,1-2H3. The molecule has 0 radical (unpaired) electrons. The fourth-order valence-electron chi connectivity index (χ4n) is 1.74. The van der Waals surface area contributed by atoms with E-state index in [-0.39, 0.29) is 0 Å². The van der Waals surface area contributed by atoms with Crippen LogP contribution in [0.1, 0.15) is 16.7 Å². The Bertz CT molecular complexity index is 324. The molecule has 84 valence electrons. The number of methoxy groups -OCH3 is 1. The molecule has 0 amide bonds. The van der Waals surface area contributed by atoms with Gasteiger partial charge in [-0.25, -0.2) is 0 Å². The van der Waals surface area contributed by atoms with Crippen LogP contribution >= 0.6 is 0 Å². The van der Waals surface area contributed by atoms with Crippen molar-refractivity contribution in [2.75, 3.05) is 20.2 Å². The lowest BCUT2D eigenvalue weighted by Gasteiger charge is -2.12. The van der Waals surface area contributed by atoms with Crippen molar-refractivity contribution in [2.24, 2.45) is 11.5 Å². The smallest absolute Gasteiger partial charge is 0.122 e. The Morgan fingerprint density at radius 2 is 1.67 bits per heavy atom. The van der Waals surface area contributed by atoms with Gasteiger partial charge in [-0.1, -0.05) is 6.07 Å². The first-order valence-corrected chi connectivity index (χ1v) is 5.29. The topological polar surface area (TPSA) is 61.3 Å². The summed E-state index contributed by atoms with van der Waals surface area (Å²) in [4.78, 5) is 0. The van der Waals surface area contributed by atoms with Crippen LogP contribution in [0.5, 0.6) is 5.75 Å². The van der Waals surface area contributed by atoms with E-state index < -0.39 is 0 Å². The first-order valence-electron chi connectivity index (χ1n) is 5.29. The SMILES string of the molecule is COc1cc(C)c(CCN)cc1CCN. The molecule has 0 spiro atoms. The van der Waals surface area contributed by atoms with E-state index in [0.29, 0.717) is 13.1 Å². The van der Waals surface area contributed by atoms with Gasteiger partial charge < -0.3 is 16.2 Å². The Morgan fingerprint density at radius 1 is 1.07 bits per heavy atom. The molecule has 0 unspecified atom stereocenters. The zero-order valence-corrected chi connectivity index (χ0v) is 9.55. The van der Waals surface area contributed by atoms with E-state index in [0.717, 1.165) is 18.6 Å². The zero-order valence-electron chi connectivity index (χ0n) is 9.55. The fourth-order valence-corrected chi connectivity index (χ4v) is 1.74. The Balaban J connectivity index is 3.05. The number of hydrogen-bond acceptors (Lipinski definition) is 3. The highest BCUT2D eigenvalue weighted by atomic mass is 16.5. The Hall–Kier alpha value is -1.06. The minimum Gasteiger partial charge on any atom is -0.496 e. The van der Waals surface area contributed by atoms with Crippen LogP contribution in [0.25, 0.3) is 0 Å². The van der Waals surface area contributed by atoms with E-state index in [2.05, 4.69) is 19.1 Å². The van der Waals surface area contributed by atoms with Crippen LogP contribution in [-0.4, -0.2) is 20.2 Å². The molecule has 0 aliphatic rings. The third-order valence-electron chi connectivity index (χ3n) is 2.57. The maximum Gasteiger partial charge on any atom is 0.122 e. The van der Waals surface area contributed by atoms with Crippen LogP contribution in [0.3, 0.4) is 0 Å². The zero-order chi connectivity index (χ0) is 11.3. The van der Waals surface area contributed by atoms with Crippen molar-refractivity contribution < 1.29 is 4.74 Å². The molecule has 1 aromatic carbocycles. The highest BCUT2D eigenvalue weighted by Gasteiger charge is 2.06. The second kappa shape index (κ2) is 5.73. The molecule has 1 rings (SSSR count). The van der Waals surface area contributed by atoms with Crippen molar-refractivity contribution in [1.82, 2.24) is 0 Å². The van der Waals surface area contributed by atoms with E-state index in [1.165, 1.54) is 16.7 Å². The molecule has 0 fully saturated rings. The molecule has 0 aliphatic heterocycles. The van der Waals surface area contributed by atoms with Gasteiger partial charge in [0.1, 0.15) is 5.75 Å². The molecule has 0 saturated carbocycles. The molecule has 0 saturated heterocycles. The lowest BCUT2D eigenvalue weighted by Crippen LogP contribution is -2.08. The van der Waals surface area contributed by atoms with Crippen molar-refractivity contribution in [3.63, 3.8) is 0 Å². The van der Waals surface area contributed by atoms with Gasteiger partial charge in [0.25, 0.3) is 0 Å². The molecule has 4 N–H and O–H groups in total. The van der Waals surface area contributed by atoms with E-state index in [4.69, 9.17) is 16.2 Å². The molecule has 15 heavy (non-hydrogen) atoms. The summed E-state index contributed by atoms with van der Waals surface area (Å²) in [5.41, 5.74) is 14.8. The van der Waals surface area contributed by atoms with Crippen molar-refractivity contribution in [1.29, 1.82) is 0 Å². The average Bonchev–Trinajstić information content (AvgIpc) is 2.23. The molecular weight excluding hydrogens is 188 g/mol. The second-order valence-electron chi connectivity index (χ2n) is 3.67. The van der Waals surface area contributed by atoms with Gasteiger partial charge in [-0.3, -0.25) is 0 Å². The van der Waals surface area contributed by atoms with Gasteiger partial charge in [-0.2, -0.15) is 0 Å². The van der Waals surface area contributed by atoms with E-state index in [1.807, 2.05) is 0 Å². The lowest BCUT2D eigenvalue weighted by atomic mass is 9.99. The van der Waals surface area contributed by atoms with Gasteiger partial charge in [0.2, 0.25) is 0 Å². The Morgan fingerprint density at radius 3 is 2.20 bits per heavy atom.